The summed E-state index contributed by atoms with van der Waals surface area (Å²) in [5, 5.41) is 9.45. The van der Waals surface area contributed by atoms with Crippen LogP contribution in [0, 0.1) is 25.2 Å². The van der Waals surface area contributed by atoms with Crippen molar-refractivity contribution in [2.45, 2.75) is 26.4 Å². The van der Waals surface area contributed by atoms with Crippen molar-refractivity contribution in [3.8, 4) is 11.8 Å². The van der Waals surface area contributed by atoms with Crippen LogP contribution in [0.4, 0.5) is 0 Å². The van der Waals surface area contributed by atoms with Crippen LogP contribution in [-0.2, 0) is 6.61 Å². The fourth-order valence-corrected chi connectivity index (χ4v) is 2.80. The maximum Gasteiger partial charge on any atom is 0.222 e. The van der Waals surface area contributed by atoms with Crippen molar-refractivity contribution in [3.05, 3.63) is 75.7 Å². The zero-order valence-corrected chi connectivity index (χ0v) is 16.4. The van der Waals surface area contributed by atoms with E-state index in [1.165, 1.54) is 6.07 Å². The highest BCUT2D eigenvalue weighted by atomic mass is 79.9. The van der Waals surface area contributed by atoms with E-state index in [0.29, 0.717) is 22.9 Å². The number of ether oxygens (including phenoxy) is 1. The number of carbonyl (C=O) groups excluding carboxylic acids is 1. The predicted molar refractivity (Wildman–Crippen MR) is 101 cm³/mol. The van der Waals surface area contributed by atoms with Crippen LogP contribution >= 0.6 is 15.9 Å². The first kappa shape index (κ1) is 18.8. The Hall–Kier alpha value is -2.98. The summed E-state index contributed by atoms with van der Waals surface area (Å²) in [5.74, 6) is -0.157. The number of aromatic nitrogens is 2. The number of rotatable bonds is 6. The molecule has 7 heteroatoms. The van der Waals surface area contributed by atoms with Crippen molar-refractivity contribution in [2.24, 2.45) is 0 Å². The van der Waals surface area contributed by atoms with E-state index >= 15 is 0 Å². The lowest BCUT2D eigenvalue weighted by Gasteiger charge is -2.07. The third kappa shape index (κ3) is 4.60. The summed E-state index contributed by atoms with van der Waals surface area (Å²) in [6.45, 7) is 3.76. The van der Waals surface area contributed by atoms with Crippen molar-refractivity contribution in [2.75, 3.05) is 0 Å². The van der Waals surface area contributed by atoms with Gasteiger partial charge in [-0.1, -0.05) is 15.9 Å². The second-order valence-electron chi connectivity index (χ2n) is 5.94. The minimum Gasteiger partial charge on any atom is -0.486 e. The summed E-state index contributed by atoms with van der Waals surface area (Å²) in [7, 11) is 0. The number of furan rings is 1. The van der Waals surface area contributed by atoms with Gasteiger partial charge in [0.25, 0.3) is 0 Å². The summed E-state index contributed by atoms with van der Waals surface area (Å²) in [6, 6.07) is 14.3. The number of hydrogen-bond donors (Lipinski definition) is 0. The van der Waals surface area contributed by atoms with Gasteiger partial charge >= 0.3 is 0 Å². The zero-order valence-electron chi connectivity index (χ0n) is 14.8. The van der Waals surface area contributed by atoms with Gasteiger partial charge in [0.2, 0.25) is 5.78 Å². The van der Waals surface area contributed by atoms with Crippen LogP contribution in [0.15, 0.2) is 51.4 Å². The number of carbonyl (C=O) groups is 1. The molecule has 27 heavy (non-hydrogen) atoms. The molecule has 0 bridgehead atoms. The molecule has 0 saturated carbocycles. The number of hydrogen-bond acceptors (Lipinski definition) is 6. The van der Waals surface area contributed by atoms with Gasteiger partial charge in [0.05, 0.1) is 6.07 Å². The van der Waals surface area contributed by atoms with Gasteiger partial charge in [-0.15, -0.1) is 0 Å². The predicted octanol–water partition coefficient (Wildman–Crippen LogP) is 4.52. The first-order valence-corrected chi connectivity index (χ1v) is 8.98. The van der Waals surface area contributed by atoms with E-state index < -0.39 is 11.7 Å². The Morgan fingerprint density at radius 3 is 2.48 bits per heavy atom. The second-order valence-corrected chi connectivity index (χ2v) is 6.86. The highest BCUT2D eigenvalue weighted by molar-refractivity contribution is 9.10. The number of ketones is 1. The molecule has 0 amide bonds. The molecule has 0 aliphatic rings. The summed E-state index contributed by atoms with van der Waals surface area (Å²) in [4.78, 5) is 21.1. The molecule has 136 valence electrons. The normalized spacial score (nSPS) is 11.6. The molecule has 0 aliphatic heterocycles. The summed E-state index contributed by atoms with van der Waals surface area (Å²) < 4.78 is 12.1. The molecule has 2 aromatic heterocycles. The first-order chi connectivity index (χ1) is 13.0. The van der Waals surface area contributed by atoms with Gasteiger partial charge < -0.3 is 9.15 Å². The van der Waals surface area contributed by atoms with Crippen LogP contribution in [-0.4, -0.2) is 15.8 Å². The average molecular weight is 426 g/mol. The highest BCUT2D eigenvalue weighted by Crippen LogP contribution is 2.22. The van der Waals surface area contributed by atoms with E-state index in [9.17, 15) is 10.1 Å². The van der Waals surface area contributed by atoms with Crippen LogP contribution < -0.4 is 4.74 Å². The van der Waals surface area contributed by atoms with Crippen molar-refractivity contribution in [1.82, 2.24) is 9.97 Å². The molecule has 3 rings (SSSR count). The van der Waals surface area contributed by atoms with Gasteiger partial charge in [-0.05, 0) is 56.3 Å². The lowest BCUT2D eigenvalue weighted by molar-refractivity contribution is 0.0945. The van der Waals surface area contributed by atoms with E-state index in [0.717, 1.165) is 4.47 Å². The van der Waals surface area contributed by atoms with Gasteiger partial charge in [-0.25, -0.2) is 9.97 Å². The van der Waals surface area contributed by atoms with E-state index in [2.05, 4.69) is 25.9 Å². The minimum absolute atomic E-state index is 0.0821. The van der Waals surface area contributed by atoms with Gasteiger partial charge in [0, 0.05) is 15.9 Å². The first-order valence-electron chi connectivity index (χ1n) is 8.19. The Morgan fingerprint density at radius 1 is 1.19 bits per heavy atom. The van der Waals surface area contributed by atoms with E-state index in [4.69, 9.17) is 9.15 Å². The summed E-state index contributed by atoms with van der Waals surface area (Å²) in [6.07, 6.45) is 0. The molecule has 0 spiro atoms. The van der Waals surface area contributed by atoms with E-state index in [1.807, 2.05) is 30.3 Å². The third-order valence-corrected chi connectivity index (χ3v) is 4.28. The number of aryl methyl sites for hydroxylation is 2. The van der Waals surface area contributed by atoms with Crippen LogP contribution in [0.2, 0.25) is 0 Å². The number of halogens is 1. The Balaban J connectivity index is 1.73. The number of benzene rings is 1. The Morgan fingerprint density at radius 2 is 1.85 bits per heavy atom. The van der Waals surface area contributed by atoms with Crippen LogP contribution in [0.5, 0.6) is 5.75 Å². The third-order valence-electron chi connectivity index (χ3n) is 3.75. The minimum atomic E-state index is -1.12. The second kappa shape index (κ2) is 8.14. The molecule has 0 saturated heterocycles. The lowest BCUT2D eigenvalue weighted by atomic mass is 10.0. The molecular formula is C20H16BrN3O3. The van der Waals surface area contributed by atoms with Gasteiger partial charge in [0.15, 0.2) is 17.5 Å². The van der Waals surface area contributed by atoms with Gasteiger partial charge in [-0.3, -0.25) is 4.79 Å². The van der Waals surface area contributed by atoms with Crippen LogP contribution in [0.25, 0.3) is 0 Å². The maximum atomic E-state index is 12.7. The highest BCUT2D eigenvalue weighted by Gasteiger charge is 2.27. The Labute approximate surface area is 165 Å². The largest absolute Gasteiger partial charge is 0.486 e. The van der Waals surface area contributed by atoms with Crippen LogP contribution in [0.1, 0.15) is 39.4 Å². The van der Waals surface area contributed by atoms with Gasteiger partial charge in [0.1, 0.15) is 18.1 Å². The van der Waals surface area contributed by atoms with E-state index in [-0.39, 0.29) is 18.2 Å². The summed E-state index contributed by atoms with van der Waals surface area (Å²) in [5.41, 5.74) is 1.40. The molecule has 0 fully saturated rings. The Bertz CT molecular complexity index is 986. The lowest BCUT2D eigenvalue weighted by Crippen LogP contribution is -2.15. The molecular weight excluding hydrogens is 410 g/mol. The standard InChI is InChI=1S/C20H16BrN3O3/c1-12-9-13(2)24-20(23-12)17(10-22)19(25)18-8-7-16(27-18)11-26-15-5-3-14(21)4-6-15/h3-9,17H,11H2,1-2H3. The molecule has 3 aromatic rings. The smallest absolute Gasteiger partial charge is 0.222 e. The summed E-state index contributed by atoms with van der Waals surface area (Å²) >= 11 is 3.36. The fourth-order valence-electron chi connectivity index (χ4n) is 2.53. The van der Waals surface area contributed by atoms with E-state index in [1.54, 1.807) is 26.0 Å². The fraction of sp³-hybridized carbons (Fsp3) is 0.200. The molecule has 0 radical (unpaired) electrons. The van der Waals surface area contributed by atoms with Crippen molar-refractivity contribution >= 4 is 21.7 Å². The molecule has 1 aromatic carbocycles. The molecule has 1 unspecified atom stereocenters. The average Bonchev–Trinajstić information content (AvgIpc) is 3.10. The quantitative estimate of drug-likeness (QED) is 0.539. The molecule has 0 N–H and O–H groups in total. The molecule has 2 heterocycles. The zero-order chi connectivity index (χ0) is 19.4. The number of Topliss-reactive ketones (excluding diaryl/α,β-unsaturated/α-hetero) is 1. The Kier molecular flexibility index (Phi) is 5.67. The van der Waals surface area contributed by atoms with Crippen molar-refractivity contribution < 1.29 is 13.9 Å². The molecule has 6 nitrogen and oxygen atoms in total. The SMILES string of the molecule is Cc1cc(C)nc(C(C#N)C(=O)c2ccc(COc3ccc(Br)cc3)o2)n1. The molecule has 0 aliphatic carbocycles. The van der Waals surface area contributed by atoms with Crippen LogP contribution in [0.3, 0.4) is 0 Å². The van der Waals surface area contributed by atoms with Gasteiger partial charge in [-0.2, -0.15) is 5.26 Å². The topological polar surface area (TPSA) is 89.0 Å². The monoisotopic (exact) mass is 425 g/mol. The molecule has 1 atom stereocenters. The number of nitriles is 1. The van der Waals surface area contributed by atoms with Crippen molar-refractivity contribution in [3.63, 3.8) is 0 Å². The number of nitrogens with zero attached hydrogens (tertiary/aromatic N) is 3. The van der Waals surface area contributed by atoms with Crippen molar-refractivity contribution in [1.29, 1.82) is 5.26 Å². The maximum absolute atomic E-state index is 12.7.